The van der Waals surface area contributed by atoms with Gasteiger partial charge in [-0.2, -0.15) is 8.78 Å². The number of nitrogens with zero attached hydrogens (tertiary/aromatic N) is 1. The van der Waals surface area contributed by atoms with E-state index in [1.54, 1.807) is 0 Å². The lowest BCUT2D eigenvalue weighted by Crippen LogP contribution is -2.51. The number of hydrogen-bond donors (Lipinski definition) is 1. The predicted molar refractivity (Wildman–Crippen MR) is 58.6 cm³/mol. The molecule has 1 rings (SSSR count). The van der Waals surface area contributed by atoms with Gasteiger partial charge < -0.3 is 10.6 Å². The maximum atomic E-state index is 13.1. The molecule has 1 fully saturated rings. The zero-order valence-electron chi connectivity index (χ0n) is 10.0. The van der Waals surface area contributed by atoms with E-state index in [1.165, 1.54) is 0 Å². The van der Waals surface area contributed by atoms with Crippen LogP contribution in [0.25, 0.3) is 0 Å². The molecule has 1 aliphatic rings. The van der Waals surface area contributed by atoms with Crippen molar-refractivity contribution in [3.63, 3.8) is 0 Å². The van der Waals surface area contributed by atoms with Crippen LogP contribution in [0.3, 0.4) is 0 Å². The summed E-state index contributed by atoms with van der Waals surface area (Å²) in [6, 6.07) is -0.353. The molecule has 0 atom stereocenters. The Bertz CT molecular complexity index is 280. The molecule has 0 spiro atoms. The molecule has 0 unspecified atom stereocenters. The van der Waals surface area contributed by atoms with Gasteiger partial charge in [-0.05, 0) is 25.8 Å². The second kappa shape index (κ2) is 6.36. The standard InChI is InChI=1S/C11H18F4N2O/c12-9(13)11(14,15)10(18)17(7-3-6-16)8-4-1-2-5-8/h8-9H,1-7,16H2. The first kappa shape index (κ1) is 15.2. The molecule has 0 aromatic rings. The highest BCUT2D eigenvalue weighted by Crippen LogP contribution is 2.30. The summed E-state index contributed by atoms with van der Waals surface area (Å²) in [5.41, 5.74) is 5.27. The number of carbonyl (C=O) groups excluding carboxylic acids is 1. The Morgan fingerprint density at radius 2 is 1.89 bits per heavy atom. The third kappa shape index (κ3) is 3.34. The molecule has 18 heavy (non-hydrogen) atoms. The number of nitrogens with two attached hydrogens (primary N) is 1. The Labute approximate surface area is 103 Å². The minimum Gasteiger partial charge on any atom is -0.334 e. The van der Waals surface area contributed by atoms with Crippen LogP contribution in [-0.2, 0) is 4.79 Å². The average Bonchev–Trinajstić information content (AvgIpc) is 2.82. The lowest BCUT2D eigenvalue weighted by molar-refractivity contribution is -0.182. The van der Waals surface area contributed by atoms with Gasteiger partial charge in [0, 0.05) is 12.6 Å². The number of carbonyl (C=O) groups is 1. The van der Waals surface area contributed by atoms with E-state index in [2.05, 4.69) is 0 Å². The quantitative estimate of drug-likeness (QED) is 0.750. The normalized spacial score (nSPS) is 17.4. The lowest BCUT2D eigenvalue weighted by atomic mass is 10.1. The fraction of sp³-hybridized carbons (Fsp3) is 0.909. The highest BCUT2D eigenvalue weighted by Gasteiger charge is 2.52. The van der Waals surface area contributed by atoms with Crippen LogP contribution in [0, 0.1) is 0 Å². The minimum atomic E-state index is -4.60. The summed E-state index contributed by atoms with van der Waals surface area (Å²) in [6.45, 7) is 0.249. The van der Waals surface area contributed by atoms with Gasteiger partial charge >= 0.3 is 12.3 Å². The van der Waals surface area contributed by atoms with E-state index < -0.39 is 18.3 Å². The van der Waals surface area contributed by atoms with Gasteiger partial charge in [0.25, 0.3) is 5.91 Å². The zero-order chi connectivity index (χ0) is 13.8. The smallest absolute Gasteiger partial charge is 0.334 e. The van der Waals surface area contributed by atoms with E-state index in [-0.39, 0.29) is 19.1 Å². The molecule has 0 radical (unpaired) electrons. The molecule has 0 aromatic carbocycles. The summed E-state index contributed by atoms with van der Waals surface area (Å²) in [5.74, 6) is -6.37. The Morgan fingerprint density at radius 3 is 2.33 bits per heavy atom. The average molecular weight is 270 g/mol. The zero-order valence-corrected chi connectivity index (χ0v) is 10.0. The van der Waals surface area contributed by atoms with E-state index in [9.17, 15) is 22.4 Å². The van der Waals surface area contributed by atoms with E-state index in [0.29, 0.717) is 19.3 Å². The van der Waals surface area contributed by atoms with Gasteiger partial charge in [-0.3, -0.25) is 4.79 Å². The third-order valence-corrected chi connectivity index (χ3v) is 3.19. The van der Waals surface area contributed by atoms with Gasteiger partial charge in [-0.15, -0.1) is 0 Å². The number of alkyl halides is 4. The predicted octanol–water partition coefficient (Wildman–Crippen LogP) is 2.01. The topological polar surface area (TPSA) is 46.3 Å². The fourth-order valence-corrected chi connectivity index (χ4v) is 2.21. The van der Waals surface area contributed by atoms with Crippen molar-refractivity contribution in [2.45, 2.75) is 50.5 Å². The summed E-state index contributed by atoms with van der Waals surface area (Å²) < 4.78 is 50.6. The molecule has 0 heterocycles. The molecule has 0 aliphatic heterocycles. The third-order valence-electron chi connectivity index (χ3n) is 3.19. The first-order chi connectivity index (χ1) is 8.41. The summed E-state index contributed by atoms with van der Waals surface area (Å²) in [5, 5.41) is 0. The van der Waals surface area contributed by atoms with Crippen LogP contribution in [0.1, 0.15) is 32.1 Å². The molecule has 2 N–H and O–H groups in total. The Hall–Kier alpha value is -0.850. The molecule has 106 valence electrons. The van der Waals surface area contributed by atoms with E-state index >= 15 is 0 Å². The number of hydrogen-bond acceptors (Lipinski definition) is 2. The second-order valence-electron chi connectivity index (χ2n) is 4.50. The Balaban J connectivity index is 2.77. The molecule has 7 heteroatoms. The monoisotopic (exact) mass is 270 g/mol. The molecule has 1 aliphatic carbocycles. The van der Waals surface area contributed by atoms with Crippen LogP contribution in [-0.4, -0.2) is 42.3 Å². The van der Waals surface area contributed by atoms with E-state index in [0.717, 1.165) is 17.7 Å². The van der Waals surface area contributed by atoms with E-state index in [4.69, 9.17) is 5.73 Å². The van der Waals surface area contributed by atoms with Gasteiger partial charge in [-0.1, -0.05) is 12.8 Å². The Morgan fingerprint density at radius 1 is 1.33 bits per heavy atom. The molecular formula is C11H18F4N2O. The second-order valence-corrected chi connectivity index (χ2v) is 4.50. The van der Waals surface area contributed by atoms with Crippen molar-refractivity contribution in [3.8, 4) is 0 Å². The van der Waals surface area contributed by atoms with Gasteiger partial charge in [-0.25, -0.2) is 8.78 Å². The van der Waals surface area contributed by atoms with Crippen molar-refractivity contribution in [1.29, 1.82) is 0 Å². The van der Waals surface area contributed by atoms with Crippen LogP contribution in [0.2, 0.25) is 0 Å². The van der Waals surface area contributed by atoms with Crippen molar-refractivity contribution in [2.24, 2.45) is 5.73 Å². The van der Waals surface area contributed by atoms with Crippen molar-refractivity contribution in [1.82, 2.24) is 4.90 Å². The highest BCUT2D eigenvalue weighted by atomic mass is 19.3. The van der Waals surface area contributed by atoms with Gasteiger partial charge in [0.1, 0.15) is 0 Å². The molecule has 0 bridgehead atoms. The van der Waals surface area contributed by atoms with Crippen LogP contribution in [0.4, 0.5) is 17.6 Å². The molecule has 0 aromatic heterocycles. The minimum absolute atomic E-state index is 0.0162. The summed E-state index contributed by atoms with van der Waals surface area (Å²) in [6.07, 6.45) is -0.784. The number of amides is 1. The molecule has 1 saturated carbocycles. The van der Waals surface area contributed by atoms with Gasteiger partial charge in [0.05, 0.1) is 0 Å². The maximum Gasteiger partial charge on any atom is 0.383 e. The summed E-state index contributed by atoms with van der Waals surface area (Å²) in [7, 11) is 0. The van der Waals surface area contributed by atoms with Crippen LogP contribution < -0.4 is 5.73 Å². The summed E-state index contributed by atoms with van der Waals surface area (Å²) >= 11 is 0. The summed E-state index contributed by atoms with van der Waals surface area (Å²) in [4.78, 5) is 12.4. The van der Waals surface area contributed by atoms with Crippen molar-refractivity contribution in [2.75, 3.05) is 13.1 Å². The van der Waals surface area contributed by atoms with Crippen LogP contribution >= 0.6 is 0 Å². The van der Waals surface area contributed by atoms with Crippen LogP contribution in [0.15, 0.2) is 0 Å². The SMILES string of the molecule is NCCCN(C(=O)C(F)(F)C(F)F)C1CCCC1. The molecule has 0 saturated heterocycles. The first-order valence-electron chi connectivity index (χ1n) is 6.08. The Kier molecular flexibility index (Phi) is 5.37. The highest BCUT2D eigenvalue weighted by molar-refractivity contribution is 5.84. The molecular weight excluding hydrogens is 252 g/mol. The van der Waals surface area contributed by atoms with Crippen molar-refractivity contribution >= 4 is 5.91 Å². The van der Waals surface area contributed by atoms with Crippen molar-refractivity contribution < 1.29 is 22.4 Å². The lowest BCUT2D eigenvalue weighted by Gasteiger charge is -2.31. The molecule has 3 nitrogen and oxygen atoms in total. The van der Waals surface area contributed by atoms with Gasteiger partial charge in [0.2, 0.25) is 0 Å². The number of rotatable bonds is 6. The largest absolute Gasteiger partial charge is 0.383 e. The maximum absolute atomic E-state index is 13.1. The number of halogens is 4. The first-order valence-corrected chi connectivity index (χ1v) is 6.08. The van der Waals surface area contributed by atoms with Crippen LogP contribution in [0.5, 0.6) is 0 Å². The fourth-order valence-electron chi connectivity index (χ4n) is 2.21. The van der Waals surface area contributed by atoms with Gasteiger partial charge in [0.15, 0.2) is 0 Å². The van der Waals surface area contributed by atoms with E-state index in [1.807, 2.05) is 0 Å². The van der Waals surface area contributed by atoms with Crippen molar-refractivity contribution in [3.05, 3.63) is 0 Å². The molecule has 1 amide bonds.